The van der Waals surface area contributed by atoms with E-state index in [-0.39, 0.29) is 11.1 Å². The second kappa shape index (κ2) is 3.98. The molecule has 0 saturated carbocycles. The van der Waals surface area contributed by atoms with E-state index in [1.165, 1.54) is 12.3 Å². The van der Waals surface area contributed by atoms with Gasteiger partial charge in [-0.3, -0.25) is 4.98 Å². The van der Waals surface area contributed by atoms with Crippen LogP contribution in [0.2, 0.25) is 0 Å². The van der Waals surface area contributed by atoms with E-state index in [1.54, 1.807) is 19.0 Å². The second-order valence-corrected chi connectivity index (χ2v) is 3.81. The van der Waals surface area contributed by atoms with Gasteiger partial charge >= 0.3 is 0 Å². The number of hydrogen-bond donors (Lipinski definition) is 0. The molecule has 0 atom stereocenters. The molecule has 0 fully saturated rings. The Morgan fingerprint density at radius 2 is 2.00 bits per heavy atom. The van der Waals surface area contributed by atoms with Crippen LogP contribution in [0.25, 0.3) is 10.9 Å². The number of rotatable bonds is 1. The van der Waals surface area contributed by atoms with Crippen molar-refractivity contribution in [2.45, 2.75) is 0 Å². The number of benzene rings is 1. The van der Waals surface area contributed by atoms with Gasteiger partial charge in [0, 0.05) is 31.7 Å². The van der Waals surface area contributed by atoms with Crippen molar-refractivity contribution in [3.8, 4) is 6.07 Å². The van der Waals surface area contributed by atoms with Crippen molar-refractivity contribution in [1.82, 2.24) is 4.98 Å². The molecule has 17 heavy (non-hydrogen) atoms. The molecule has 0 amide bonds. The monoisotopic (exact) mass is 233 g/mol. The predicted octanol–water partition coefficient (Wildman–Crippen LogP) is 2.45. The van der Waals surface area contributed by atoms with E-state index in [2.05, 4.69) is 4.98 Å². The van der Waals surface area contributed by atoms with Crippen LogP contribution >= 0.6 is 0 Å². The average molecular weight is 233 g/mol. The minimum absolute atomic E-state index is 0.0640. The van der Waals surface area contributed by atoms with Gasteiger partial charge in [0.25, 0.3) is 0 Å². The molecule has 0 aliphatic carbocycles. The smallest absolute Gasteiger partial charge is 0.152 e. The van der Waals surface area contributed by atoms with Gasteiger partial charge in [-0.25, -0.2) is 8.78 Å². The van der Waals surface area contributed by atoms with Crippen LogP contribution in [-0.4, -0.2) is 19.1 Å². The first-order valence-electron chi connectivity index (χ1n) is 4.89. The third-order valence-corrected chi connectivity index (χ3v) is 2.43. The van der Waals surface area contributed by atoms with Gasteiger partial charge in [0.05, 0.1) is 11.3 Å². The summed E-state index contributed by atoms with van der Waals surface area (Å²) in [5.41, 5.74) is 0.817. The first-order chi connectivity index (χ1) is 8.04. The first kappa shape index (κ1) is 11.3. The number of pyridine rings is 1. The summed E-state index contributed by atoms with van der Waals surface area (Å²) in [6, 6.07) is 3.92. The van der Waals surface area contributed by atoms with Crippen molar-refractivity contribution >= 4 is 16.6 Å². The number of aromatic nitrogens is 1. The van der Waals surface area contributed by atoms with Gasteiger partial charge in [-0.05, 0) is 6.07 Å². The number of nitriles is 1. The van der Waals surface area contributed by atoms with Crippen LogP contribution in [0.15, 0.2) is 18.3 Å². The number of anilines is 1. The maximum absolute atomic E-state index is 13.5. The predicted molar refractivity (Wildman–Crippen MR) is 60.7 cm³/mol. The lowest BCUT2D eigenvalue weighted by atomic mass is 10.1. The Balaban J connectivity index is 2.95. The highest BCUT2D eigenvalue weighted by molar-refractivity contribution is 5.94. The molecule has 3 nitrogen and oxygen atoms in total. The van der Waals surface area contributed by atoms with E-state index < -0.39 is 11.6 Å². The Morgan fingerprint density at radius 1 is 1.29 bits per heavy atom. The minimum atomic E-state index is -0.729. The molecule has 0 bridgehead atoms. The average Bonchev–Trinajstić information content (AvgIpc) is 2.26. The van der Waals surface area contributed by atoms with E-state index in [9.17, 15) is 8.78 Å². The molecule has 2 rings (SSSR count). The van der Waals surface area contributed by atoms with Crippen LogP contribution in [-0.2, 0) is 0 Å². The summed E-state index contributed by atoms with van der Waals surface area (Å²) in [4.78, 5) is 5.49. The molecule has 1 aromatic carbocycles. The lowest BCUT2D eigenvalue weighted by molar-refractivity contribution is 0.590. The Hall–Kier alpha value is -2.22. The van der Waals surface area contributed by atoms with Gasteiger partial charge in [0.2, 0.25) is 0 Å². The molecular weight excluding hydrogens is 224 g/mol. The lowest BCUT2D eigenvalue weighted by Gasteiger charge is -2.16. The standard InChI is InChI=1S/C12H9F2N3/c1-17(2)12-7(5-15)6-16-11-9(12)3-8(13)4-10(11)14/h3-4,6H,1-2H3. The molecule has 0 saturated heterocycles. The van der Waals surface area contributed by atoms with Crippen LogP contribution in [0.4, 0.5) is 14.5 Å². The fourth-order valence-electron chi connectivity index (χ4n) is 1.78. The van der Waals surface area contributed by atoms with Gasteiger partial charge in [-0.2, -0.15) is 5.26 Å². The highest BCUT2D eigenvalue weighted by Gasteiger charge is 2.14. The molecular formula is C12H9F2N3. The Kier molecular flexibility index (Phi) is 2.64. The van der Waals surface area contributed by atoms with Crippen LogP contribution in [0.5, 0.6) is 0 Å². The normalized spacial score (nSPS) is 10.3. The van der Waals surface area contributed by atoms with E-state index in [1.807, 2.05) is 6.07 Å². The molecule has 0 unspecified atom stereocenters. The van der Waals surface area contributed by atoms with Crippen molar-refractivity contribution in [2.24, 2.45) is 0 Å². The lowest BCUT2D eigenvalue weighted by Crippen LogP contribution is -2.12. The van der Waals surface area contributed by atoms with Crippen molar-refractivity contribution in [1.29, 1.82) is 5.26 Å². The van der Waals surface area contributed by atoms with Gasteiger partial charge in [0.1, 0.15) is 17.4 Å². The molecule has 86 valence electrons. The van der Waals surface area contributed by atoms with Gasteiger partial charge in [-0.15, -0.1) is 0 Å². The zero-order valence-electron chi connectivity index (χ0n) is 9.33. The van der Waals surface area contributed by atoms with Crippen molar-refractivity contribution in [3.05, 3.63) is 35.5 Å². The van der Waals surface area contributed by atoms with Gasteiger partial charge in [-0.1, -0.05) is 0 Å². The van der Waals surface area contributed by atoms with E-state index in [4.69, 9.17) is 5.26 Å². The topological polar surface area (TPSA) is 39.9 Å². The molecule has 1 heterocycles. The highest BCUT2D eigenvalue weighted by atomic mass is 19.1. The van der Waals surface area contributed by atoms with E-state index in [0.717, 1.165) is 6.07 Å². The summed E-state index contributed by atoms with van der Waals surface area (Å²) in [7, 11) is 3.41. The molecule has 0 radical (unpaired) electrons. The van der Waals surface area contributed by atoms with E-state index >= 15 is 0 Å². The van der Waals surface area contributed by atoms with E-state index in [0.29, 0.717) is 11.1 Å². The fraction of sp³-hybridized carbons (Fsp3) is 0.167. The van der Waals surface area contributed by atoms with Crippen molar-refractivity contribution in [2.75, 3.05) is 19.0 Å². The number of fused-ring (bicyclic) bond motifs is 1. The van der Waals surface area contributed by atoms with Crippen LogP contribution in [0, 0.1) is 23.0 Å². The summed E-state index contributed by atoms with van der Waals surface area (Å²) in [5, 5.41) is 9.26. The summed E-state index contributed by atoms with van der Waals surface area (Å²) >= 11 is 0. The molecule has 2 aromatic rings. The summed E-state index contributed by atoms with van der Waals surface area (Å²) in [6.45, 7) is 0. The highest BCUT2D eigenvalue weighted by Crippen LogP contribution is 2.29. The SMILES string of the molecule is CN(C)c1c(C#N)cnc2c(F)cc(F)cc12. The number of nitrogens with zero attached hydrogens (tertiary/aromatic N) is 3. The Labute approximate surface area is 96.9 Å². The van der Waals surface area contributed by atoms with Gasteiger partial charge < -0.3 is 4.90 Å². The number of halogens is 2. The molecule has 0 N–H and O–H groups in total. The quantitative estimate of drug-likeness (QED) is 0.759. The fourth-order valence-corrected chi connectivity index (χ4v) is 1.78. The third kappa shape index (κ3) is 1.78. The molecule has 5 heteroatoms. The summed E-state index contributed by atoms with van der Waals surface area (Å²) in [5.74, 6) is -1.41. The van der Waals surface area contributed by atoms with Crippen molar-refractivity contribution < 1.29 is 8.78 Å². The third-order valence-electron chi connectivity index (χ3n) is 2.43. The minimum Gasteiger partial charge on any atom is -0.376 e. The molecule has 0 spiro atoms. The summed E-state index contributed by atoms with van der Waals surface area (Å²) < 4.78 is 26.7. The Morgan fingerprint density at radius 3 is 2.59 bits per heavy atom. The maximum atomic E-state index is 13.5. The number of hydrogen-bond acceptors (Lipinski definition) is 3. The van der Waals surface area contributed by atoms with Crippen LogP contribution in [0.3, 0.4) is 0 Å². The maximum Gasteiger partial charge on any atom is 0.152 e. The van der Waals surface area contributed by atoms with Crippen molar-refractivity contribution in [3.63, 3.8) is 0 Å². The molecule has 0 aliphatic rings. The summed E-state index contributed by atoms with van der Waals surface area (Å²) in [6.07, 6.45) is 1.29. The largest absolute Gasteiger partial charge is 0.376 e. The zero-order chi connectivity index (χ0) is 12.6. The molecule has 0 aliphatic heterocycles. The zero-order valence-corrected chi connectivity index (χ0v) is 9.33. The molecule has 1 aromatic heterocycles. The van der Waals surface area contributed by atoms with Crippen LogP contribution < -0.4 is 4.90 Å². The van der Waals surface area contributed by atoms with Crippen LogP contribution in [0.1, 0.15) is 5.56 Å². The first-order valence-corrected chi connectivity index (χ1v) is 4.89. The Bertz CT molecular complexity index is 630. The van der Waals surface area contributed by atoms with Gasteiger partial charge in [0.15, 0.2) is 5.82 Å². The second-order valence-electron chi connectivity index (χ2n) is 3.81.